The Morgan fingerprint density at radius 2 is 2.00 bits per heavy atom. The molecule has 0 saturated heterocycles. The molecule has 0 bridgehead atoms. The lowest BCUT2D eigenvalue weighted by atomic mass is 10.1. The first-order valence-electron chi connectivity index (χ1n) is 7.03. The Labute approximate surface area is 128 Å². The van der Waals surface area contributed by atoms with E-state index in [1.54, 1.807) is 37.4 Å². The highest BCUT2D eigenvalue weighted by Gasteiger charge is 2.11. The minimum absolute atomic E-state index is 0.200. The normalized spacial score (nSPS) is 10.5. The van der Waals surface area contributed by atoms with E-state index in [0.29, 0.717) is 23.9 Å². The summed E-state index contributed by atoms with van der Waals surface area (Å²) < 4.78 is 5.09. The highest BCUT2D eigenvalue weighted by Crippen LogP contribution is 2.20. The van der Waals surface area contributed by atoms with Gasteiger partial charge in [0.2, 0.25) is 0 Å². The minimum Gasteiger partial charge on any atom is -0.497 e. The van der Waals surface area contributed by atoms with Crippen molar-refractivity contribution < 1.29 is 9.53 Å². The van der Waals surface area contributed by atoms with Gasteiger partial charge in [-0.15, -0.1) is 0 Å². The molecular weight excluding hydrogens is 282 g/mol. The number of H-pyrrole nitrogens is 1. The van der Waals surface area contributed by atoms with E-state index >= 15 is 0 Å². The number of methoxy groups -OCH3 is 1. The SMILES string of the molecule is COc1ccc(-c2cc(C(=O)NCC(C)C)[nH]c(=O)n2)cc1. The maximum absolute atomic E-state index is 12.1. The first-order chi connectivity index (χ1) is 10.5. The fraction of sp³-hybridized carbons (Fsp3) is 0.312. The molecule has 0 aliphatic rings. The number of benzene rings is 1. The lowest BCUT2D eigenvalue weighted by Gasteiger charge is -2.08. The highest BCUT2D eigenvalue weighted by molar-refractivity contribution is 5.93. The Morgan fingerprint density at radius 3 is 2.59 bits per heavy atom. The Bertz CT molecular complexity index is 705. The molecule has 6 nitrogen and oxygen atoms in total. The van der Waals surface area contributed by atoms with Crippen molar-refractivity contribution in [1.29, 1.82) is 0 Å². The molecule has 2 aromatic rings. The van der Waals surface area contributed by atoms with Crippen molar-refractivity contribution in [3.05, 3.63) is 46.5 Å². The Hall–Kier alpha value is -2.63. The van der Waals surface area contributed by atoms with Crippen molar-refractivity contribution in [3.63, 3.8) is 0 Å². The molecule has 0 unspecified atom stereocenters. The molecule has 0 radical (unpaired) electrons. The monoisotopic (exact) mass is 301 g/mol. The molecule has 0 atom stereocenters. The van der Waals surface area contributed by atoms with Gasteiger partial charge in [-0.3, -0.25) is 4.79 Å². The molecular formula is C16H19N3O3. The first-order valence-corrected chi connectivity index (χ1v) is 7.03. The van der Waals surface area contributed by atoms with Gasteiger partial charge in [-0.05, 0) is 36.2 Å². The number of aromatic amines is 1. The van der Waals surface area contributed by atoms with Gasteiger partial charge in [0.25, 0.3) is 5.91 Å². The number of carbonyl (C=O) groups is 1. The molecule has 1 amide bonds. The molecule has 0 fully saturated rings. The molecule has 1 heterocycles. The van der Waals surface area contributed by atoms with Crippen LogP contribution in [0, 0.1) is 5.92 Å². The molecule has 1 aromatic heterocycles. The van der Waals surface area contributed by atoms with Gasteiger partial charge in [-0.25, -0.2) is 4.79 Å². The summed E-state index contributed by atoms with van der Waals surface area (Å²) in [5.41, 5.74) is 0.834. The van der Waals surface area contributed by atoms with E-state index in [1.807, 2.05) is 13.8 Å². The van der Waals surface area contributed by atoms with E-state index in [1.165, 1.54) is 0 Å². The van der Waals surface area contributed by atoms with Crippen molar-refractivity contribution in [2.24, 2.45) is 5.92 Å². The van der Waals surface area contributed by atoms with E-state index < -0.39 is 5.69 Å². The van der Waals surface area contributed by atoms with Crippen LogP contribution in [0.4, 0.5) is 0 Å². The minimum atomic E-state index is -0.553. The largest absolute Gasteiger partial charge is 0.497 e. The molecule has 0 spiro atoms. The number of rotatable bonds is 5. The standard InChI is InChI=1S/C16H19N3O3/c1-10(2)9-17-15(20)14-8-13(18-16(21)19-14)11-4-6-12(22-3)7-5-11/h4-8,10H,9H2,1-3H3,(H,17,20)(H,18,19,21). The van der Waals surface area contributed by atoms with Gasteiger partial charge in [0, 0.05) is 12.1 Å². The molecule has 1 aromatic carbocycles. The number of nitrogens with zero attached hydrogens (tertiary/aromatic N) is 1. The van der Waals surface area contributed by atoms with Crippen molar-refractivity contribution in [2.75, 3.05) is 13.7 Å². The van der Waals surface area contributed by atoms with Crippen LogP contribution >= 0.6 is 0 Å². The van der Waals surface area contributed by atoms with Crippen LogP contribution in [0.1, 0.15) is 24.3 Å². The summed E-state index contributed by atoms with van der Waals surface area (Å²) in [5.74, 6) is 0.727. The second-order valence-electron chi connectivity index (χ2n) is 5.32. The molecule has 0 aliphatic heterocycles. The van der Waals surface area contributed by atoms with Crippen LogP contribution < -0.4 is 15.7 Å². The van der Waals surface area contributed by atoms with E-state index in [0.717, 1.165) is 5.56 Å². The summed E-state index contributed by atoms with van der Waals surface area (Å²) in [4.78, 5) is 30.1. The highest BCUT2D eigenvalue weighted by atomic mass is 16.5. The zero-order valence-electron chi connectivity index (χ0n) is 12.8. The third-order valence-corrected chi connectivity index (χ3v) is 3.05. The van der Waals surface area contributed by atoms with Gasteiger partial charge in [-0.1, -0.05) is 13.8 Å². The van der Waals surface area contributed by atoms with Crippen molar-refractivity contribution in [3.8, 4) is 17.0 Å². The summed E-state index contributed by atoms with van der Waals surface area (Å²) >= 11 is 0. The van der Waals surface area contributed by atoms with Crippen LogP contribution in [0.15, 0.2) is 35.1 Å². The van der Waals surface area contributed by atoms with E-state index in [2.05, 4.69) is 15.3 Å². The lowest BCUT2D eigenvalue weighted by molar-refractivity contribution is 0.0943. The maximum atomic E-state index is 12.1. The summed E-state index contributed by atoms with van der Waals surface area (Å²) in [6.07, 6.45) is 0. The van der Waals surface area contributed by atoms with Crippen LogP contribution in [0.2, 0.25) is 0 Å². The molecule has 2 rings (SSSR count). The van der Waals surface area contributed by atoms with Gasteiger partial charge in [0.1, 0.15) is 11.4 Å². The smallest absolute Gasteiger partial charge is 0.346 e. The number of amides is 1. The number of aromatic nitrogens is 2. The predicted molar refractivity (Wildman–Crippen MR) is 84.0 cm³/mol. The van der Waals surface area contributed by atoms with Crippen LogP contribution in [0.25, 0.3) is 11.3 Å². The average Bonchev–Trinajstić information content (AvgIpc) is 2.52. The molecule has 2 N–H and O–H groups in total. The van der Waals surface area contributed by atoms with Crippen molar-refractivity contribution >= 4 is 5.91 Å². The number of hydrogen-bond donors (Lipinski definition) is 2. The van der Waals surface area contributed by atoms with Crippen LogP contribution in [0.3, 0.4) is 0 Å². The number of ether oxygens (including phenoxy) is 1. The van der Waals surface area contributed by atoms with Crippen molar-refractivity contribution in [1.82, 2.24) is 15.3 Å². The van der Waals surface area contributed by atoms with Crippen molar-refractivity contribution in [2.45, 2.75) is 13.8 Å². The quantitative estimate of drug-likeness (QED) is 0.882. The predicted octanol–water partition coefficient (Wildman–Crippen LogP) is 1.83. The van der Waals surface area contributed by atoms with Gasteiger partial charge < -0.3 is 15.0 Å². The van der Waals surface area contributed by atoms with E-state index in [-0.39, 0.29) is 11.6 Å². The fourth-order valence-corrected chi connectivity index (χ4v) is 1.88. The maximum Gasteiger partial charge on any atom is 0.346 e. The van der Waals surface area contributed by atoms with E-state index in [4.69, 9.17) is 4.74 Å². The number of nitrogens with one attached hydrogen (secondary N) is 2. The van der Waals surface area contributed by atoms with Gasteiger partial charge in [0.05, 0.1) is 12.8 Å². The third kappa shape index (κ3) is 3.94. The number of hydrogen-bond acceptors (Lipinski definition) is 4. The molecule has 22 heavy (non-hydrogen) atoms. The second-order valence-corrected chi connectivity index (χ2v) is 5.32. The zero-order chi connectivity index (χ0) is 16.1. The van der Waals surface area contributed by atoms with Crippen LogP contribution in [-0.4, -0.2) is 29.5 Å². The molecule has 6 heteroatoms. The summed E-state index contributed by atoms with van der Waals surface area (Å²) in [6, 6.07) is 8.69. The van der Waals surface area contributed by atoms with Gasteiger partial charge in [0.15, 0.2) is 0 Å². The molecule has 116 valence electrons. The first kappa shape index (κ1) is 15.8. The lowest BCUT2D eigenvalue weighted by Crippen LogP contribution is -2.30. The molecule has 0 saturated carbocycles. The molecule has 0 aliphatic carbocycles. The van der Waals surface area contributed by atoms with E-state index in [9.17, 15) is 9.59 Å². The Kier molecular flexibility index (Phi) is 4.93. The Balaban J connectivity index is 2.29. The zero-order valence-corrected chi connectivity index (χ0v) is 12.8. The third-order valence-electron chi connectivity index (χ3n) is 3.05. The van der Waals surface area contributed by atoms with Gasteiger partial charge in [-0.2, -0.15) is 4.98 Å². The fourth-order valence-electron chi connectivity index (χ4n) is 1.88. The second kappa shape index (κ2) is 6.89. The Morgan fingerprint density at radius 1 is 1.32 bits per heavy atom. The van der Waals surface area contributed by atoms with Gasteiger partial charge >= 0.3 is 5.69 Å². The summed E-state index contributed by atoms with van der Waals surface area (Å²) in [6.45, 7) is 4.54. The number of carbonyl (C=O) groups excluding carboxylic acids is 1. The van der Waals surface area contributed by atoms with Crippen LogP contribution in [0.5, 0.6) is 5.75 Å². The average molecular weight is 301 g/mol. The summed E-state index contributed by atoms with van der Waals surface area (Å²) in [5, 5.41) is 2.77. The summed E-state index contributed by atoms with van der Waals surface area (Å²) in [7, 11) is 1.58. The van der Waals surface area contributed by atoms with Crippen LogP contribution in [-0.2, 0) is 0 Å². The topological polar surface area (TPSA) is 84.1 Å².